The lowest BCUT2D eigenvalue weighted by Crippen LogP contribution is -2.70. The molecule has 4 heterocycles. The highest BCUT2D eigenvalue weighted by Gasteiger charge is 2.54. The number of fused-ring (bicyclic) bond motifs is 1. The molecule has 0 aromatic carbocycles. The van der Waals surface area contributed by atoms with E-state index in [9.17, 15) is 19.2 Å². The number of ether oxygens (including phenoxy) is 2. The van der Waals surface area contributed by atoms with E-state index < -0.39 is 23.3 Å². The van der Waals surface area contributed by atoms with Crippen LogP contribution in [-0.4, -0.2) is 116 Å². The standard InChI is InChI=1S/C27H39N9O6S3.2ClH/c1-4-5-6-8-20(38)41-11-7-12-42-25(40)22-17(15-45-27-31-32-33-35(27)10-9-34(2)3)14-43-24-21(23(39)36(22)24)30-19(37)13-18-16-44-26(28)29-18;;/h16,21,24H,4-15H2,1-3H3,(H2,28,29)(H,30,37);2*1H/t21-,24+;;/m1../s1. The Kier molecular flexibility index (Phi) is 17.3. The summed E-state index contributed by atoms with van der Waals surface area (Å²) in [5.41, 5.74) is 7.05. The predicted molar refractivity (Wildman–Crippen MR) is 185 cm³/mol. The summed E-state index contributed by atoms with van der Waals surface area (Å²) in [5.74, 6) is -0.877. The Balaban J connectivity index is 0.00000384. The van der Waals surface area contributed by atoms with Gasteiger partial charge in [0.25, 0.3) is 5.91 Å². The van der Waals surface area contributed by atoms with E-state index in [1.165, 1.54) is 39.8 Å². The van der Waals surface area contributed by atoms with E-state index in [2.05, 4.69) is 32.7 Å². The first-order valence-electron chi connectivity index (χ1n) is 14.7. The third-order valence-corrected chi connectivity index (χ3v) is 9.98. The van der Waals surface area contributed by atoms with Gasteiger partial charge in [-0.3, -0.25) is 19.3 Å². The number of nitrogens with one attached hydrogen (secondary N) is 1. The second-order valence-electron chi connectivity index (χ2n) is 10.7. The van der Waals surface area contributed by atoms with Crippen LogP contribution in [0.5, 0.6) is 0 Å². The lowest BCUT2D eigenvalue weighted by molar-refractivity contribution is -0.153. The quantitative estimate of drug-likeness (QED) is 0.0976. The number of nitrogens with zero attached hydrogens (tertiary/aromatic N) is 7. The molecule has 0 spiro atoms. The third kappa shape index (κ3) is 11.5. The fraction of sp³-hybridized carbons (Fsp3) is 0.630. The molecule has 2 aliphatic heterocycles. The molecule has 1 saturated heterocycles. The molecule has 47 heavy (non-hydrogen) atoms. The minimum atomic E-state index is -0.791. The van der Waals surface area contributed by atoms with Crippen molar-refractivity contribution in [2.45, 2.75) is 68.6 Å². The average Bonchev–Trinajstić information content (AvgIpc) is 3.64. The molecule has 0 unspecified atom stereocenters. The number of thioether (sulfide) groups is 2. The number of anilines is 1. The van der Waals surface area contributed by atoms with Crippen LogP contribution in [0, 0.1) is 0 Å². The molecule has 0 aliphatic carbocycles. The topological polar surface area (TPSA) is 188 Å². The lowest BCUT2D eigenvalue weighted by Gasteiger charge is -2.49. The molecule has 1 fully saturated rings. The zero-order valence-corrected chi connectivity index (χ0v) is 30.5. The summed E-state index contributed by atoms with van der Waals surface area (Å²) in [6, 6.07) is -0.791. The summed E-state index contributed by atoms with van der Waals surface area (Å²) >= 11 is 4.07. The Labute approximate surface area is 298 Å². The second-order valence-corrected chi connectivity index (χ2v) is 13.6. The largest absolute Gasteiger partial charge is 0.466 e. The number of esters is 2. The SMILES string of the molecule is CCCCCC(=O)OCCCOC(=O)C1=C(CSc2nnnn2CCN(C)C)CS[C@H]2[C@H](NC(=O)Cc3csc(N)n3)C(=O)N12.Cl.Cl. The van der Waals surface area contributed by atoms with E-state index in [0.29, 0.717) is 52.4 Å². The molecule has 20 heteroatoms. The van der Waals surface area contributed by atoms with Crippen LogP contribution in [0.1, 0.15) is 44.7 Å². The highest BCUT2D eigenvalue weighted by molar-refractivity contribution is 8.01. The van der Waals surface area contributed by atoms with Crippen molar-refractivity contribution < 1.29 is 28.7 Å². The van der Waals surface area contributed by atoms with E-state index in [0.717, 1.165) is 25.8 Å². The Hall–Kier alpha value is -2.64. The molecule has 4 rings (SSSR count). The van der Waals surface area contributed by atoms with Crippen molar-refractivity contribution >= 4 is 88.6 Å². The van der Waals surface area contributed by atoms with Gasteiger partial charge < -0.3 is 25.4 Å². The summed E-state index contributed by atoms with van der Waals surface area (Å²) in [6.07, 6.45) is 3.45. The van der Waals surface area contributed by atoms with Gasteiger partial charge in [0.15, 0.2) is 5.13 Å². The number of carbonyl (C=O) groups excluding carboxylic acids is 4. The predicted octanol–water partition coefficient (Wildman–Crippen LogP) is 2.16. The highest BCUT2D eigenvalue weighted by Crippen LogP contribution is 2.42. The number of hydrogen-bond acceptors (Lipinski definition) is 15. The number of unbranched alkanes of at least 4 members (excludes halogenated alkanes) is 2. The molecule has 262 valence electrons. The molecule has 15 nitrogen and oxygen atoms in total. The average molecular weight is 755 g/mol. The number of halogens is 2. The molecule has 0 bridgehead atoms. The van der Waals surface area contributed by atoms with Crippen LogP contribution in [0.4, 0.5) is 5.13 Å². The fourth-order valence-electron chi connectivity index (χ4n) is 4.53. The van der Waals surface area contributed by atoms with Gasteiger partial charge in [-0.2, -0.15) is 0 Å². The van der Waals surface area contributed by atoms with Gasteiger partial charge in [0.2, 0.25) is 11.1 Å². The number of rotatable bonds is 18. The van der Waals surface area contributed by atoms with Gasteiger partial charge in [0.05, 0.1) is 31.9 Å². The lowest BCUT2D eigenvalue weighted by atomic mass is 10.0. The van der Waals surface area contributed by atoms with Gasteiger partial charge in [0, 0.05) is 36.3 Å². The van der Waals surface area contributed by atoms with Crippen molar-refractivity contribution in [3.63, 3.8) is 0 Å². The van der Waals surface area contributed by atoms with Gasteiger partial charge >= 0.3 is 11.9 Å². The highest BCUT2D eigenvalue weighted by atomic mass is 35.5. The van der Waals surface area contributed by atoms with Crippen LogP contribution < -0.4 is 11.1 Å². The van der Waals surface area contributed by atoms with E-state index in [-0.39, 0.29) is 62.0 Å². The van der Waals surface area contributed by atoms with E-state index >= 15 is 0 Å². The fourth-order valence-corrected chi connectivity index (χ4v) is 7.48. The number of nitrogen functional groups attached to an aromatic ring is 1. The van der Waals surface area contributed by atoms with Crippen molar-refractivity contribution in [1.29, 1.82) is 0 Å². The van der Waals surface area contributed by atoms with E-state index in [4.69, 9.17) is 15.2 Å². The number of carbonyl (C=O) groups is 4. The van der Waals surface area contributed by atoms with E-state index in [1.54, 1.807) is 10.1 Å². The number of likely N-dealkylation sites (N-methyl/N-ethyl adjacent to an activating group) is 1. The van der Waals surface area contributed by atoms with Crippen molar-refractivity contribution in [2.75, 3.05) is 51.1 Å². The summed E-state index contributed by atoms with van der Waals surface area (Å²) in [7, 11) is 3.92. The monoisotopic (exact) mass is 753 g/mol. The molecule has 0 radical (unpaired) electrons. The minimum absolute atomic E-state index is 0. The maximum Gasteiger partial charge on any atom is 0.355 e. The molecule has 2 amide bonds. The summed E-state index contributed by atoms with van der Waals surface area (Å²) in [4.78, 5) is 58.9. The molecular formula is C27H41Cl2N9O6S3. The van der Waals surface area contributed by atoms with Crippen LogP contribution in [0.3, 0.4) is 0 Å². The molecule has 0 saturated carbocycles. The smallest absolute Gasteiger partial charge is 0.355 e. The van der Waals surface area contributed by atoms with Crippen molar-refractivity contribution in [3.05, 3.63) is 22.3 Å². The van der Waals surface area contributed by atoms with E-state index in [1.807, 2.05) is 19.0 Å². The second kappa shape index (κ2) is 20.0. The first kappa shape index (κ1) is 40.5. The van der Waals surface area contributed by atoms with Crippen LogP contribution in [-0.2, 0) is 41.6 Å². The van der Waals surface area contributed by atoms with Crippen LogP contribution >= 0.6 is 59.7 Å². The molecule has 2 aromatic rings. The summed E-state index contributed by atoms with van der Waals surface area (Å²) < 4.78 is 12.5. The summed E-state index contributed by atoms with van der Waals surface area (Å²) in [6.45, 7) is 3.55. The number of thiazole rings is 1. The zero-order chi connectivity index (χ0) is 32.3. The molecule has 3 N–H and O–H groups in total. The number of amides is 2. The Bertz CT molecular complexity index is 1390. The van der Waals surface area contributed by atoms with Crippen molar-refractivity contribution in [2.24, 2.45) is 0 Å². The molecule has 2 aromatic heterocycles. The molecular weight excluding hydrogens is 713 g/mol. The maximum absolute atomic E-state index is 13.4. The van der Waals surface area contributed by atoms with Crippen molar-refractivity contribution in [1.82, 2.24) is 40.3 Å². The molecule has 2 aliphatic rings. The van der Waals surface area contributed by atoms with Gasteiger partial charge in [-0.1, -0.05) is 31.5 Å². The van der Waals surface area contributed by atoms with Crippen LogP contribution in [0.15, 0.2) is 21.8 Å². The first-order valence-corrected chi connectivity index (χ1v) is 17.6. The van der Waals surface area contributed by atoms with Crippen LogP contribution in [0.25, 0.3) is 0 Å². The number of aromatic nitrogens is 5. The number of nitrogens with two attached hydrogens (primary N) is 1. The number of β-lactam (4-membered cyclic amide) rings is 1. The van der Waals surface area contributed by atoms with Crippen LogP contribution in [0.2, 0.25) is 0 Å². The maximum atomic E-state index is 13.4. The van der Waals surface area contributed by atoms with Gasteiger partial charge in [-0.05, 0) is 36.5 Å². The first-order chi connectivity index (χ1) is 21.7. The van der Waals surface area contributed by atoms with Gasteiger partial charge in [-0.15, -0.1) is 53.0 Å². The summed E-state index contributed by atoms with van der Waals surface area (Å²) in [5, 5.41) is 16.9. The Morgan fingerprint density at radius 2 is 1.94 bits per heavy atom. The van der Waals surface area contributed by atoms with Gasteiger partial charge in [0.1, 0.15) is 17.1 Å². The zero-order valence-electron chi connectivity index (χ0n) is 26.4. The number of tetrazole rings is 1. The minimum Gasteiger partial charge on any atom is -0.466 e. The Morgan fingerprint density at radius 1 is 1.17 bits per heavy atom. The van der Waals surface area contributed by atoms with Gasteiger partial charge in [-0.25, -0.2) is 14.5 Å². The molecule has 2 atom stereocenters. The number of hydrogen-bond donors (Lipinski definition) is 2. The normalized spacial score (nSPS) is 16.9. The van der Waals surface area contributed by atoms with Crippen molar-refractivity contribution in [3.8, 4) is 0 Å². The third-order valence-electron chi connectivity index (χ3n) is 6.87. The Morgan fingerprint density at radius 3 is 2.64 bits per heavy atom.